The van der Waals surface area contributed by atoms with Crippen LogP contribution in [0.3, 0.4) is 0 Å². The maximum Gasteiger partial charge on any atom is 0.239 e. The second kappa shape index (κ2) is 6.89. The lowest BCUT2D eigenvalue weighted by Crippen LogP contribution is -2.54. The van der Waals surface area contributed by atoms with Gasteiger partial charge in [-0.3, -0.25) is 9.59 Å². The number of nitrogens with zero attached hydrogens (tertiary/aromatic N) is 1. The van der Waals surface area contributed by atoms with Gasteiger partial charge in [-0.25, -0.2) is 4.98 Å². The third-order valence-electron chi connectivity index (χ3n) is 6.43. The zero-order chi connectivity index (χ0) is 18.1. The van der Waals surface area contributed by atoms with Crippen molar-refractivity contribution < 1.29 is 14.3 Å². The molecular formula is C20H27N3O3. The van der Waals surface area contributed by atoms with Crippen molar-refractivity contribution in [2.45, 2.75) is 45.1 Å². The quantitative estimate of drug-likeness (QED) is 0.816. The van der Waals surface area contributed by atoms with Gasteiger partial charge in [-0.05, 0) is 67.9 Å². The summed E-state index contributed by atoms with van der Waals surface area (Å²) in [7, 11) is 1.56. The number of hydrogen-bond acceptors (Lipinski definition) is 4. The van der Waals surface area contributed by atoms with Gasteiger partial charge in [0.15, 0.2) is 0 Å². The molecule has 6 heteroatoms. The molecule has 2 N–H and O–H groups in total. The fourth-order valence-corrected chi connectivity index (χ4v) is 5.67. The minimum Gasteiger partial charge on any atom is -0.481 e. The topological polar surface area (TPSA) is 80.3 Å². The van der Waals surface area contributed by atoms with E-state index in [4.69, 9.17) is 4.74 Å². The van der Waals surface area contributed by atoms with Crippen LogP contribution in [0.25, 0.3) is 0 Å². The highest BCUT2D eigenvalue weighted by atomic mass is 16.5. The van der Waals surface area contributed by atoms with E-state index >= 15 is 0 Å². The second-order valence-corrected chi connectivity index (χ2v) is 8.36. The van der Waals surface area contributed by atoms with Crippen LogP contribution in [0, 0.1) is 23.2 Å². The lowest BCUT2D eigenvalue weighted by atomic mass is 9.49. The van der Waals surface area contributed by atoms with Crippen molar-refractivity contribution in [3.05, 3.63) is 23.9 Å². The van der Waals surface area contributed by atoms with E-state index in [1.807, 2.05) is 6.07 Å². The van der Waals surface area contributed by atoms with E-state index in [1.54, 1.807) is 19.4 Å². The molecule has 4 bridgehead atoms. The zero-order valence-electron chi connectivity index (χ0n) is 15.3. The van der Waals surface area contributed by atoms with Crippen LogP contribution in [0.2, 0.25) is 0 Å². The Hall–Kier alpha value is -2.11. The number of rotatable bonds is 6. The molecule has 0 saturated heterocycles. The van der Waals surface area contributed by atoms with Crippen molar-refractivity contribution in [1.82, 2.24) is 15.6 Å². The Labute approximate surface area is 154 Å². The number of carbonyl (C=O) groups excluding carboxylic acids is 2. The fraction of sp³-hybridized carbons (Fsp3) is 0.650. The summed E-state index contributed by atoms with van der Waals surface area (Å²) in [6.45, 7) is 0.438. The first-order chi connectivity index (χ1) is 12.6. The number of pyridine rings is 1. The summed E-state index contributed by atoms with van der Waals surface area (Å²) in [5.41, 5.74) is 0.714. The Morgan fingerprint density at radius 2 is 1.81 bits per heavy atom. The zero-order valence-corrected chi connectivity index (χ0v) is 15.3. The monoisotopic (exact) mass is 357 g/mol. The van der Waals surface area contributed by atoms with Crippen LogP contribution in [-0.2, 0) is 16.1 Å². The van der Waals surface area contributed by atoms with E-state index in [1.165, 1.54) is 19.3 Å². The van der Waals surface area contributed by atoms with Gasteiger partial charge in [0.2, 0.25) is 17.7 Å². The predicted octanol–water partition coefficient (Wildman–Crippen LogP) is 2.04. The summed E-state index contributed by atoms with van der Waals surface area (Å²) in [6, 6.07) is 3.62. The standard InChI is InChI=1S/C20H27N3O3/c1-26-18-7-13(2-3-21-18)11-22-17(24)12-23-19(25)20-8-14-4-15(9-20)6-16(5-14)10-20/h2-3,7,14-16H,4-6,8-12H2,1H3,(H,22,24)(H,23,25). The molecule has 0 radical (unpaired) electrons. The number of hydrogen-bond donors (Lipinski definition) is 2. The fourth-order valence-electron chi connectivity index (χ4n) is 5.67. The maximum atomic E-state index is 12.8. The summed E-state index contributed by atoms with van der Waals surface area (Å²) in [4.78, 5) is 29.0. The first-order valence-corrected chi connectivity index (χ1v) is 9.60. The van der Waals surface area contributed by atoms with Crippen LogP contribution in [0.4, 0.5) is 0 Å². The number of nitrogens with one attached hydrogen (secondary N) is 2. The Bertz CT molecular complexity index is 668. The second-order valence-electron chi connectivity index (χ2n) is 8.36. The van der Waals surface area contributed by atoms with E-state index in [9.17, 15) is 9.59 Å². The minimum atomic E-state index is -0.201. The van der Waals surface area contributed by atoms with Gasteiger partial charge in [-0.2, -0.15) is 0 Å². The van der Waals surface area contributed by atoms with E-state index in [0.29, 0.717) is 12.4 Å². The molecule has 4 fully saturated rings. The first kappa shape index (κ1) is 17.3. The van der Waals surface area contributed by atoms with Gasteiger partial charge in [-0.15, -0.1) is 0 Å². The molecule has 1 heterocycles. The molecule has 0 atom stereocenters. The highest BCUT2D eigenvalue weighted by Gasteiger charge is 2.54. The highest BCUT2D eigenvalue weighted by molar-refractivity contribution is 5.88. The molecular weight excluding hydrogens is 330 g/mol. The van der Waals surface area contributed by atoms with E-state index in [2.05, 4.69) is 15.6 Å². The summed E-state index contributed by atoms with van der Waals surface area (Å²) in [5, 5.41) is 5.75. The van der Waals surface area contributed by atoms with Crippen LogP contribution in [0.1, 0.15) is 44.1 Å². The molecule has 140 valence electrons. The van der Waals surface area contributed by atoms with Crippen LogP contribution < -0.4 is 15.4 Å². The smallest absolute Gasteiger partial charge is 0.239 e. The van der Waals surface area contributed by atoms with Gasteiger partial charge >= 0.3 is 0 Å². The van der Waals surface area contributed by atoms with Crippen molar-refractivity contribution in [2.24, 2.45) is 23.2 Å². The van der Waals surface area contributed by atoms with Gasteiger partial charge < -0.3 is 15.4 Å². The van der Waals surface area contributed by atoms with Gasteiger partial charge in [0.25, 0.3) is 0 Å². The van der Waals surface area contributed by atoms with Crippen LogP contribution in [0.5, 0.6) is 5.88 Å². The van der Waals surface area contributed by atoms with Crippen molar-refractivity contribution in [3.63, 3.8) is 0 Å². The molecule has 0 spiro atoms. The number of methoxy groups -OCH3 is 1. The Morgan fingerprint density at radius 1 is 1.15 bits per heavy atom. The molecule has 6 nitrogen and oxygen atoms in total. The molecule has 26 heavy (non-hydrogen) atoms. The highest BCUT2D eigenvalue weighted by Crippen LogP contribution is 2.60. The summed E-state index contributed by atoms with van der Waals surface area (Å²) >= 11 is 0. The number of amides is 2. The van der Waals surface area contributed by atoms with Crippen LogP contribution in [-0.4, -0.2) is 30.5 Å². The van der Waals surface area contributed by atoms with Crippen LogP contribution in [0.15, 0.2) is 18.3 Å². The Morgan fingerprint density at radius 3 is 2.42 bits per heavy atom. The first-order valence-electron chi connectivity index (χ1n) is 9.60. The van der Waals surface area contributed by atoms with Crippen molar-refractivity contribution >= 4 is 11.8 Å². The molecule has 0 aromatic carbocycles. The van der Waals surface area contributed by atoms with Gasteiger partial charge in [0.05, 0.1) is 13.7 Å². The summed E-state index contributed by atoms with van der Waals surface area (Å²) in [5.74, 6) is 2.62. The molecule has 1 aromatic rings. The van der Waals surface area contributed by atoms with E-state index in [0.717, 1.165) is 42.6 Å². The number of aromatic nitrogens is 1. The largest absolute Gasteiger partial charge is 0.481 e. The summed E-state index contributed by atoms with van der Waals surface area (Å²) < 4.78 is 5.08. The number of carbonyl (C=O) groups is 2. The lowest BCUT2D eigenvalue weighted by Gasteiger charge is -2.55. The predicted molar refractivity (Wildman–Crippen MR) is 96.3 cm³/mol. The third kappa shape index (κ3) is 3.41. The van der Waals surface area contributed by atoms with Crippen molar-refractivity contribution in [1.29, 1.82) is 0 Å². The van der Waals surface area contributed by atoms with E-state index in [-0.39, 0.29) is 23.8 Å². The number of ether oxygens (including phenoxy) is 1. The molecule has 5 rings (SSSR count). The van der Waals surface area contributed by atoms with Gasteiger partial charge in [0, 0.05) is 24.2 Å². The molecule has 4 aliphatic rings. The normalized spacial score (nSPS) is 31.5. The average Bonchev–Trinajstić information content (AvgIpc) is 2.63. The van der Waals surface area contributed by atoms with Crippen molar-refractivity contribution in [3.8, 4) is 5.88 Å². The molecule has 2 amide bonds. The molecule has 0 aliphatic heterocycles. The Kier molecular flexibility index (Phi) is 4.59. The molecule has 1 aromatic heterocycles. The van der Waals surface area contributed by atoms with Crippen molar-refractivity contribution in [2.75, 3.05) is 13.7 Å². The maximum absolute atomic E-state index is 12.8. The van der Waals surface area contributed by atoms with E-state index < -0.39 is 0 Å². The summed E-state index contributed by atoms with van der Waals surface area (Å²) in [6.07, 6.45) is 8.62. The lowest BCUT2D eigenvalue weighted by molar-refractivity contribution is -0.147. The Balaban J connectivity index is 1.27. The molecule has 4 saturated carbocycles. The molecule has 0 unspecified atom stereocenters. The van der Waals surface area contributed by atoms with Gasteiger partial charge in [-0.1, -0.05) is 0 Å². The third-order valence-corrected chi connectivity index (χ3v) is 6.43. The minimum absolute atomic E-state index is 0.0444. The SMILES string of the molecule is COc1cc(CNC(=O)CNC(=O)C23CC4CC(CC(C4)C2)C3)ccn1. The van der Waals surface area contributed by atoms with Crippen LogP contribution >= 0.6 is 0 Å². The molecule has 4 aliphatic carbocycles. The van der Waals surface area contributed by atoms with Gasteiger partial charge in [0.1, 0.15) is 0 Å². The average molecular weight is 357 g/mol.